The van der Waals surface area contributed by atoms with Crippen LogP contribution in [-0.2, 0) is 17.6 Å². The van der Waals surface area contributed by atoms with Crippen molar-refractivity contribution in [3.05, 3.63) is 17.8 Å². The number of thioether (sulfide) groups is 1. The first-order valence-corrected chi connectivity index (χ1v) is 6.62. The molecule has 2 rings (SSSR count). The molecule has 0 spiro atoms. The highest BCUT2D eigenvalue weighted by Crippen LogP contribution is 2.26. The number of carbonyl (C=O) groups is 1. The first kappa shape index (κ1) is 11.5. The lowest BCUT2D eigenvalue weighted by molar-refractivity contribution is -0.136. The fourth-order valence-corrected chi connectivity index (χ4v) is 3.07. The Morgan fingerprint density at radius 2 is 2.56 bits per heavy atom. The lowest BCUT2D eigenvalue weighted by atomic mass is 10.1. The Bertz CT molecular complexity index is 358. The molecule has 0 aliphatic carbocycles. The van der Waals surface area contributed by atoms with Gasteiger partial charge in [0.15, 0.2) is 5.89 Å². The van der Waals surface area contributed by atoms with Gasteiger partial charge in [0.25, 0.3) is 0 Å². The Morgan fingerprint density at radius 3 is 3.25 bits per heavy atom. The number of aryl methyl sites for hydroxylation is 1. The van der Waals surface area contributed by atoms with Crippen molar-refractivity contribution in [2.24, 2.45) is 5.92 Å². The summed E-state index contributed by atoms with van der Waals surface area (Å²) in [6.45, 7) is 0. The van der Waals surface area contributed by atoms with Crippen LogP contribution in [0.25, 0.3) is 0 Å². The monoisotopic (exact) mass is 241 g/mol. The molecule has 0 amide bonds. The maximum absolute atomic E-state index is 10.4. The molecule has 0 aromatic carbocycles. The largest absolute Gasteiger partial charge is 0.481 e. The van der Waals surface area contributed by atoms with Gasteiger partial charge in [-0.25, -0.2) is 4.98 Å². The summed E-state index contributed by atoms with van der Waals surface area (Å²) in [5, 5.41) is 8.55. The van der Waals surface area contributed by atoms with E-state index in [-0.39, 0.29) is 6.42 Å². The number of carboxylic acid groups (broad SMARTS) is 1. The quantitative estimate of drug-likeness (QED) is 0.854. The molecule has 1 atom stereocenters. The molecular weight excluding hydrogens is 226 g/mol. The van der Waals surface area contributed by atoms with Crippen molar-refractivity contribution < 1.29 is 14.3 Å². The summed E-state index contributed by atoms with van der Waals surface area (Å²) in [5.74, 6) is 3.06. The Kier molecular flexibility index (Phi) is 3.88. The number of carboxylic acids is 1. The third-order valence-corrected chi connectivity index (χ3v) is 3.91. The standard InChI is InChI=1S/C11H15NO3S/c13-11(14)2-1-9-6-15-10(12-9)5-8-3-4-16-7-8/h6,8H,1-5,7H2,(H,13,14). The maximum atomic E-state index is 10.4. The zero-order valence-electron chi connectivity index (χ0n) is 9.02. The predicted octanol–water partition coefficient (Wildman–Crippen LogP) is 1.99. The molecule has 1 aliphatic rings. The van der Waals surface area contributed by atoms with Crippen LogP contribution in [0.1, 0.15) is 24.4 Å². The van der Waals surface area contributed by atoms with Crippen LogP contribution >= 0.6 is 11.8 Å². The maximum Gasteiger partial charge on any atom is 0.303 e. The lowest BCUT2D eigenvalue weighted by Gasteiger charge is -2.02. The van der Waals surface area contributed by atoms with Crippen molar-refractivity contribution >= 4 is 17.7 Å². The van der Waals surface area contributed by atoms with E-state index in [0.717, 1.165) is 18.0 Å². The SMILES string of the molecule is O=C(O)CCc1coc(CC2CCSC2)n1. The minimum atomic E-state index is -0.795. The van der Waals surface area contributed by atoms with Gasteiger partial charge in [-0.15, -0.1) is 0 Å². The molecule has 1 aromatic rings. The first-order valence-electron chi connectivity index (χ1n) is 5.47. The molecule has 88 valence electrons. The van der Waals surface area contributed by atoms with Crippen LogP contribution in [0.15, 0.2) is 10.7 Å². The van der Waals surface area contributed by atoms with Gasteiger partial charge in [0.2, 0.25) is 0 Å². The summed E-state index contributed by atoms with van der Waals surface area (Å²) >= 11 is 1.98. The Hall–Kier alpha value is -0.970. The van der Waals surface area contributed by atoms with E-state index in [0.29, 0.717) is 12.3 Å². The molecule has 0 radical (unpaired) electrons. The van der Waals surface area contributed by atoms with Gasteiger partial charge in [-0.3, -0.25) is 4.79 Å². The Labute approximate surface area is 98.4 Å². The van der Waals surface area contributed by atoms with Crippen molar-refractivity contribution in [3.63, 3.8) is 0 Å². The van der Waals surface area contributed by atoms with Crippen LogP contribution < -0.4 is 0 Å². The summed E-state index contributed by atoms with van der Waals surface area (Å²) < 4.78 is 5.35. The van der Waals surface area contributed by atoms with Gasteiger partial charge in [-0.05, 0) is 23.8 Å². The van der Waals surface area contributed by atoms with Gasteiger partial charge in [-0.2, -0.15) is 11.8 Å². The molecule has 1 fully saturated rings. The average Bonchev–Trinajstić information content (AvgIpc) is 2.87. The molecule has 1 aromatic heterocycles. The fraction of sp³-hybridized carbons (Fsp3) is 0.636. The summed E-state index contributed by atoms with van der Waals surface area (Å²) in [7, 11) is 0. The lowest BCUT2D eigenvalue weighted by Crippen LogP contribution is -2.03. The van der Waals surface area contributed by atoms with E-state index in [1.54, 1.807) is 6.26 Å². The average molecular weight is 241 g/mol. The molecule has 1 aliphatic heterocycles. The predicted molar refractivity (Wildman–Crippen MR) is 61.6 cm³/mol. The molecule has 0 bridgehead atoms. The number of rotatable bonds is 5. The van der Waals surface area contributed by atoms with E-state index >= 15 is 0 Å². The number of hydrogen-bond donors (Lipinski definition) is 1. The molecular formula is C11H15NO3S. The number of nitrogens with zero attached hydrogens (tertiary/aromatic N) is 1. The van der Waals surface area contributed by atoms with Crippen molar-refractivity contribution in [2.75, 3.05) is 11.5 Å². The zero-order valence-corrected chi connectivity index (χ0v) is 9.83. The number of oxazole rings is 1. The van der Waals surface area contributed by atoms with Crippen molar-refractivity contribution in [3.8, 4) is 0 Å². The minimum Gasteiger partial charge on any atom is -0.481 e. The Balaban J connectivity index is 1.84. The molecule has 1 unspecified atom stereocenters. The van der Waals surface area contributed by atoms with Crippen LogP contribution in [0, 0.1) is 5.92 Å². The fourth-order valence-electron chi connectivity index (χ4n) is 1.78. The van der Waals surface area contributed by atoms with E-state index in [9.17, 15) is 4.79 Å². The van der Waals surface area contributed by atoms with Gasteiger partial charge in [0.05, 0.1) is 12.1 Å². The number of aromatic nitrogens is 1. The van der Waals surface area contributed by atoms with Crippen LogP contribution in [0.5, 0.6) is 0 Å². The van der Waals surface area contributed by atoms with E-state index < -0.39 is 5.97 Å². The van der Waals surface area contributed by atoms with Crippen LogP contribution in [-0.4, -0.2) is 27.6 Å². The highest BCUT2D eigenvalue weighted by Gasteiger charge is 2.18. The second-order valence-corrected chi connectivity index (χ2v) is 5.21. The van der Waals surface area contributed by atoms with Gasteiger partial charge in [0, 0.05) is 12.8 Å². The van der Waals surface area contributed by atoms with Crippen LogP contribution in [0.3, 0.4) is 0 Å². The van der Waals surface area contributed by atoms with E-state index in [4.69, 9.17) is 9.52 Å². The van der Waals surface area contributed by atoms with Gasteiger partial charge in [-0.1, -0.05) is 0 Å². The van der Waals surface area contributed by atoms with Crippen molar-refractivity contribution in [1.29, 1.82) is 0 Å². The minimum absolute atomic E-state index is 0.116. The molecule has 1 saturated heterocycles. The van der Waals surface area contributed by atoms with Gasteiger partial charge >= 0.3 is 5.97 Å². The highest BCUT2D eigenvalue weighted by atomic mass is 32.2. The first-order chi connectivity index (χ1) is 7.74. The third-order valence-electron chi connectivity index (χ3n) is 2.68. The van der Waals surface area contributed by atoms with Gasteiger partial charge in [0.1, 0.15) is 6.26 Å². The summed E-state index contributed by atoms with van der Waals surface area (Å²) in [5.41, 5.74) is 0.753. The second kappa shape index (κ2) is 5.39. The topological polar surface area (TPSA) is 63.3 Å². The van der Waals surface area contributed by atoms with Gasteiger partial charge < -0.3 is 9.52 Å². The molecule has 0 saturated carbocycles. The highest BCUT2D eigenvalue weighted by molar-refractivity contribution is 7.99. The number of aliphatic carboxylic acids is 1. The van der Waals surface area contributed by atoms with Crippen molar-refractivity contribution in [2.45, 2.75) is 25.7 Å². The van der Waals surface area contributed by atoms with E-state index in [1.807, 2.05) is 11.8 Å². The normalized spacial score (nSPS) is 20.1. The Morgan fingerprint density at radius 1 is 1.69 bits per heavy atom. The van der Waals surface area contributed by atoms with Crippen LogP contribution in [0.2, 0.25) is 0 Å². The third kappa shape index (κ3) is 3.27. The molecule has 2 heterocycles. The van der Waals surface area contributed by atoms with E-state index in [2.05, 4.69) is 4.98 Å². The van der Waals surface area contributed by atoms with Crippen molar-refractivity contribution in [1.82, 2.24) is 4.98 Å². The summed E-state index contributed by atoms with van der Waals surface area (Å²) in [6.07, 6.45) is 4.28. The van der Waals surface area contributed by atoms with E-state index in [1.165, 1.54) is 17.9 Å². The summed E-state index contributed by atoms with van der Waals surface area (Å²) in [4.78, 5) is 14.7. The molecule has 1 N–H and O–H groups in total. The molecule has 16 heavy (non-hydrogen) atoms. The van der Waals surface area contributed by atoms with Crippen LogP contribution in [0.4, 0.5) is 0 Å². The summed E-state index contributed by atoms with van der Waals surface area (Å²) in [6, 6.07) is 0. The zero-order chi connectivity index (χ0) is 11.4. The molecule has 4 nitrogen and oxygen atoms in total. The number of hydrogen-bond acceptors (Lipinski definition) is 4. The molecule has 5 heteroatoms. The smallest absolute Gasteiger partial charge is 0.303 e. The second-order valence-electron chi connectivity index (χ2n) is 4.06.